The Morgan fingerprint density at radius 3 is 2.26 bits per heavy atom. The predicted molar refractivity (Wildman–Crippen MR) is 149 cm³/mol. The van der Waals surface area contributed by atoms with Crippen molar-refractivity contribution in [3.63, 3.8) is 0 Å². The number of aromatic nitrogens is 4. The number of hydrogen-bond acceptors (Lipinski definition) is 4. The number of benzene rings is 2. The minimum atomic E-state index is 0.150. The summed E-state index contributed by atoms with van der Waals surface area (Å²) in [6, 6.07) is 19.1. The molecule has 0 amide bonds. The van der Waals surface area contributed by atoms with Gasteiger partial charge in [-0.25, -0.2) is 4.98 Å². The first kappa shape index (κ1) is 25.1. The van der Waals surface area contributed by atoms with Gasteiger partial charge in [0.05, 0.1) is 16.7 Å². The minimum absolute atomic E-state index is 0.150. The van der Waals surface area contributed by atoms with Crippen LogP contribution in [0.2, 0.25) is 0 Å². The number of nitrogens with zero attached hydrogens (tertiary/aromatic N) is 4. The van der Waals surface area contributed by atoms with Crippen molar-refractivity contribution in [3.05, 3.63) is 82.3 Å². The van der Waals surface area contributed by atoms with Crippen molar-refractivity contribution in [2.45, 2.75) is 66.3 Å². The molecule has 0 atom stereocenters. The van der Waals surface area contributed by atoms with Crippen LogP contribution in [-0.4, -0.2) is 20.0 Å². The number of hydrogen-bond donors (Lipinski definition) is 0. The molecule has 0 saturated carbocycles. The molecule has 35 heavy (non-hydrogen) atoms. The summed E-state index contributed by atoms with van der Waals surface area (Å²) >= 11 is 1.78. The third-order valence-electron chi connectivity index (χ3n) is 6.00. The lowest BCUT2D eigenvalue weighted by Crippen LogP contribution is -2.14. The molecule has 0 aliphatic rings. The van der Waals surface area contributed by atoms with E-state index in [1.165, 1.54) is 16.3 Å². The van der Waals surface area contributed by atoms with Crippen LogP contribution in [0.4, 0.5) is 0 Å². The smallest absolute Gasteiger partial charge is 0.121 e. The van der Waals surface area contributed by atoms with Crippen molar-refractivity contribution >= 4 is 17.4 Å². The molecule has 2 aromatic heterocycles. The van der Waals surface area contributed by atoms with Crippen molar-refractivity contribution < 1.29 is 0 Å². The predicted octanol–water partition coefficient (Wildman–Crippen LogP) is 8.45. The first-order valence-electron chi connectivity index (χ1n) is 12.5. The fourth-order valence-corrected chi connectivity index (χ4v) is 4.91. The normalized spacial score (nSPS) is 12.3. The quantitative estimate of drug-likeness (QED) is 0.239. The van der Waals surface area contributed by atoms with Gasteiger partial charge in [-0.3, -0.25) is 0 Å². The average Bonchev–Trinajstić information content (AvgIpc) is 3.47. The Labute approximate surface area is 213 Å². The van der Waals surface area contributed by atoms with Crippen LogP contribution in [0.5, 0.6) is 0 Å². The fourth-order valence-electron chi connectivity index (χ4n) is 4.07. The zero-order valence-electron chi connectivity index (χ0n) is 21.7. The summed E-state index contributed by atoms with van der Waals surface area (Å²) < 4.78 is 0. The third-order valence-corrected chi connectivity index (χ3v) is 7.20. The van der Waals surface area contributed by atoms with Crippen LogP contribution >= 0.6 is 11.3 Å². The van der Waals surface area contributed by atoms with E-state index < -0.39 is 0 Å². The summed E-state index contributed by atoms with van der Waals surface area (Å²) in [5.41, 5.74) is 6.54. The van der Waals surface area contributed by atoms with Gasteiger partial charge in [0.2, 0.25) is 0 Å². The van der Waals surface area contributed by atoms with Crippen LogP contribution in [0.15, 0.2) is 66.1 Å². The second-order valence-corrected chi connectivity index (χ2v) is 11.5. The highest BCUT2D eigenvalue weighted by atomic mass is 32.1. The van der Waals surface area contributed by atoms with Gasteiger partial charge in [-0.2, -0.15) is 15.0 Å². The molecule has 2 heterocycles. The first-order valence-corrected chi connectivity index (χ1v) is 13.3. The molecule has 0 radical (unpaired) electrons. The Balaban J connectivity index is 1.52. The number of rotatable bonds is 9. The molecule has 0 N–H and O–H groups in total. The number of allylic oxidation sites excluding steroid dienone is 1. The summed E-state index contributed by atoms with van der Waals surface area (Å²) in [5, 5.41) is 13.1. The molecule has 4 aromatic rings. The topological polar surface area (TPSA) is 43.6 Å². The van der Waals surface area contributed by atoms with Gasteiger partial charge < -0.3 is 0 Å². The molecule has 5 heteroatoms. The van der Waals surface area contributed by atoms with Crippen LogP contribution in [0.1, 0.15) is 76.2 Å². The highest BCUT2D eigenvalue weighted by molar-refractivity contribution is 7.09. The number of thiazole rings is 1. The molecule has 0 saturated heterocycles. The monoisotopic (exact) mass is 484 g/mol. The molecule has 4 nitrogen and oxygen atoms in total. The van der Waals surface area contributed by atoms with Gasteiger partial charge >= 0.3 is 0 Å². The van der Waals surface area contributed by atoms with E-state index in [1.54, 1.807) is 11.3 Å². The molecule has 0 bridgehead atoms. The van der Waals surface area contributed by atoms with Crippen molar-refractivity contribution in [2.75, 3.05) is 0 Å². The second kappa shape index (κ2) is 10.7. The minimum Gasteiger partial charge on any atom is -0.246 e. The molecule has 0 spiro atoms. The summed E-state index contributed by atoms with van der Waals surface area (Å²) in [6.07, 6.45) is 6.49. The lowest BCUT2D eigenvalue weighted by Gasteiger charge is -2.21. The van der Waals surface area contributed by atoms with Gasteiger partial charge in [0.25, 0.3) is 0 Å². The zero-order valence-corrected chi connectivity index (χ0v) is 22.5. The van der Waals surface area contributed by atoms with Crippen molar-refractivity contribution in [1.29, 1.82) is 0 Å². The summed E-state index contributed by atoms with van der Waals surface area (Å²) in [6.45, 7) is 13.3. The van der Waals surface area contributed by atoms with Crippen LogP contribution in [-0.2, 0) is 6.42 Å². The van der Waals surface area contributed by atoms with Crippen molar-refractivity contribution in [3.8, 4) is 22.5 Å². The van der Waals surface area contributed by atoms with Crippen molar-refractivity contribution in [1.82, 2.24) is 20.0 Å². The van der Waals surface area contributed by atoms with E-state index in [9.17, 15) is 0 Å². The maximum Gasteiger partial charge on any atom is 0.121 e. The van der Waals surface area contributed by atoms with E-state index in [4.69, 9.17) is 15.2 Å². The largest absolute Gasteiger partial charge is 0.246 e. The highest BCUT2D eigenvalue weighted by Crippen LogP contribution is 2.32. The van der Waals surface area contributed by atoms with Gasteiger partial charge in [0.15, 0.2) is 0 Å². The van der Waals surface area contributed by atoms with Gasteiger partial charge in [0, 0.05) is 22.4 Å². The molecular formula is C30H36N4S. The van der Waals surface area contributed by atoms with E-state index in [0.717, 1.165) is 35.4 Å². The summed E-state index contributed by atoms with van der Waals surface area (Å²) in [5.74, 6) is 0.494. The maximum atomic E-state index is 4.85. The zero-order chi connectivity index (χ0) is 25.0. The van der Waals surface area contributed by atoms with E-state index in [-0.39, 0.29) is 11.5 Å². The fraction of sp³-hybridized carbons (Fsp3) is 0.367. The molecule has 0 fully saturated rings. The molecule has 4 rings (SSSR count). The second-order valence-electron chi connectivity index (χ2n) is 10.6. The van der Waals surface area contributed by atoms with Gasteiger partial charge in [-0.05, 0) is 43.7 Å². The Morgan fingerprint density at radius 2 is 1.60 bits per heavy atom. The van der Waals surface area contributed by atoms with E-state index in [0.29, 0.717) is 5.92 Å². The Kier molecular flexibility index (Phi) is 7.66. The standard InChI is InChI=1S/C30H36N4S/c1-21(2)29-31-26(20-35-29)19-30(5,6)17-11-13-23-12-10-16-25(18-23)28-27(24-14-8-7-9-15-24)32-34(33-28)22(3)4/h7-16,18,20-22H,17,19H2,1-6H3/b13-11+. The van der Waals surface area contributed by atoms with Gasteiger partial charge in [-0.1, -0.05) is 88.4 Å². The molecule has 0 aliphatic carbocycles. The van der Waals surface area contributed by atoms with Crippen LogP contribution in [0.25, 0.3) is 28.6 Å². The van der Waals surface area contributed by atoms with Gasteiger partial charge in [-0.15, -0.1) is 11.3 Å². The average molecular weight is 485 g/mol. The summed E-state index contributed by atoms with van der Waals surface area (Å²) in [7, 11) is 0. The van der Waals surface area contributed by atoms with E-state index >= 15 is 0 Å². The van der Waals surface area contributed by atoms with E-state index in [2.05, 4.69) is 95.5 Å². The maximum absolute atomic E-state index is 4.85. The van der Waals surface area contributed by atoms with Crippen molar-refractivity contribution in [2.24, 2.45) is 5.41 Å². The molecule has 2 aromatic carbocycles. The van der Waals surface area contributed by atoms with Gasteiger partial charge in [0.1, 0.15) is 11.4 Å². The molecule has 0 aliphatic heterocycles. The third kappa shape index (κ3) is 6.34. The molecule has 0 unspecified atom stereocenters. The van der Waals surface area contributed by atoms with Crippen LogP contribution in [0.3, 0.4) is 0 Å². The SMILES string of the molecule is CC(C)c1nc(CC(C)(C)C/C=C/c2cccc(-c3nn(C(C)C)nc3-c3ccccc3)c2)cs1. The Hall–Kier alpha value is -3.05. The van der Waals surface area contributed by atoms with E-state index in [1.807, 2.05) is 23.0 Å². The summed E-state index contributed by atoms with van der Waals surface area (Å²) in [4.78, 5) is 6.64. The lowest BCUT2D eigenvalue weighted by atomic mass is 9.84. The first-order chi connectivity index (χ1) is 16.7. The highest BCUT2D eigenvalue weighted by Gasteiger charge is 2.20. The lowest BCUT2D eigenvalue weighted by molar-refractivity contribution is 0.365. The molecule has 182 valence electrons. The van der Waals surface area contributed by atoms with Crippen LogP contribution < -0.4 is 0 Å². The Bertz CT molecular complexity index is 1280. The Morgan fingerprint density at radius 1 is 0.914 bits per heavy atom. The molecular weight excluding hydrogens is 448 g/mol. The van der Waals surface area contributed by atoms with Crippen LogP contribution in [0, 0.1) is 5.41 Å².